The fraction of sp³-hybridized carbons (Fsp3) is 0.296. The number of fused-ring (bicyclic) bond motifs is 1. The van der Waals surface area contributed by atoms with E-state index in [1.807, 2.05) is 51.1 Å². The van der Waals surface area contributed by atoms with Crippen LogP contribution in [0.5, 0.6) is 11.5 Å². The average molecular weight is 537 g/mol. The van der Waals surface area contributed by atoms with Crippen LogP contribution in [0.15, 0.2) is 48.5 Å². The topological polar surface area (TPSA) is 73.6 Å². The lowest BCUT2D eigenvalue weighted by molar-refractivity contribution is -0.0521. The summed E-state index contributed by atoms with van der Waals surface area (Å²) in [7, 11) is 0. The first kappa shape index (κ1) is 26.8. The number of halogens is 5. The quantitative estimate of drug-likeness (QED) is 0.352. The number of carbonyl (C=O) groups excluding carboxylic acids is 1. The van der Waals surface area contributed by atoms with Crippen LogP contribution >= 0.6 is 11.6 Å². The molecule has 0 aliphatic carbocycles. The molecule has 0 radical (unpaired) electrons. The van der Waals surface area contributed by atoms with Crippen molar-refractivity contribution >= 4 is 17.5 Å². The molecule has 0 saturated carbocycles. The van der Waals surface area contributed by atoms with E-state index in [-0.39, 0.29) is 35.4 Å². The van der Waals surface area contributed by atoms with Crippen LogP contribution < -0.4 is 20.5 Å². The van der Waals surface area contributed by atoms with Crippen molar-refractivity contribution in [1.29, 1.82) is 0 Å². The molecule has 1 atom stereocenters. The van der Waals surface area contributed by atoms with Gasteiger partial charge in [0, 0.05) is 41.3 Å². The monoisotopic (exact) mass is 536 g/mol. The first-order chi connectivity index (χ1) is 17.3. The Hall–Kier alpha value is -3.30. The van der Waals surface area contributed by atoms with Gasteiger partial charge in [-0.2, -0.15) is 8.78 Å². The number of primary amides is 1. The standard InChI is InChI=1S/C27H25ClF4N2O3/c1-26(2,3)34-13-27(14-7-5-4-6-8-14)12-16-19(37-27)11-17(29)22(28)20(16)21-15(24(33)35)9-10-18(23(21)30)36-25(31)32/h4-11,25,34H,12-13H2,1-3H3,(H2,33,35)/t27-/m1/s1. The summed E-state index contributed by atoms with van der Waals surface area (Å²) >= 11 is 6.35. The number of hydrogen-bond acceptors (Lipinski definition) is 4. The van der Waals surface area contributed by atoms with Crippen LogP contribution in [0.2, 0.25) is 5.02 Å². The number of hydrogen-bond donors (Lipinski definition) is 2. The Morgan fingerprint density at radius 1 is 1.16 bits per heavy atom. The van der Waals surface area contributed by atoms with Gasteiger partial charge in [0.25, 0.3) is 0 Å². The maximum Gasteiger partial charge on any atom is 0.387 e. The molecule has 196 valence electrons. The molecule has 1 amide bonds. The van der Waals surface area contributed by atoms with Crippen LogP contribution in [0.3, 0.4) is 0 Å². The van der Waals surface area contributed by atoms with E-state index in [4.69, 9.17) is 22.1 Å². The molecule has 4 rings (SSSR count). The van der Waals surface area contributed by atoms with Gasteiger partial charge >= 0.3 is 6.61 Å². The number of nitrogens with one attached hydrogen (secondary N) is 1. The largest absolute Gasteiger partial charge is 0.480 e. The molecule has 1 aliphatic rings. The lowest BCUT2D eigenvalue weighted by Gasteiger charge is -2.33. The normalized spacial score (nSPS) is 17.0. The zero-order valence-electron chi connectivity index (χ0n) is 20.3. The SMILES string of the molecule is CC(C)(C)NC[C@@]1(c2ccccc2)Cc2c(cc(F)c(Cl)c2-c2c(C(N)=O)ccc(OC(F)F)c2F)O1. The summed E-state index contributed by atoms with van der Waals surface area (Å²) in [5.41, 5.74) is 4.04. The summed E-state index contributed by atoms with van der Waals surface area (Å²) in [6.07, 6.45) is 0.0995. The summed E-state index contributed by atoms with van der Waals surface area (Å²) < 4.78 is 67.3. The third-order valence-electron chi connectivity index (χ3n) is 6.10. The molecule has 1 heterocycles. The zero-order chi connectivity index (χ0) is 27.1. The Bertz CT molecular complexity index is 1350. The Kier molecular flexibility index (Phi) is 7.14. The molecule has 10 heteroatoms. The van der Waals surface area contributed by atoms with E-state index in [2.05, 4.69) is 10.1 Å². The molecule has 0 spiro atoms. The second kappa shape index (κ2) is 9.87. The van der Waals surface area contributed by atoms with Crippen molar-refractivity contribution < 1.29 is 31.8 Å². The molecule has 3 N–H and O–H groups in total. The van der Waals surface area contributed by atoms with Gasteiger partial charge in [-0.25, -0.2) is 8.78 Å². The van der Waals surface area contributed by atoms with Crippen LogP contribution in [-0.2, 0) is 12.0 Å². The van der Waals surface area contributed by atoms with Crippen LogP contribution in [0.4, 0.5) is 17.6 Å². The minimum atomic E-state index is -3.34. The molecule has 3 aromatic rings. The predicted molar refractivity (Wildman–Crippen MR) is 132 cm³/mol. The first-order valence-electron chi connectivity index (χ1n) is 11.4. The zero-order valence-corrected chi connectivity index (χ0v) is 21.1. The lowest BCUT2D eigenvalue weighted by atomic mass is 9.84. The number of benzene rings is 3. The molecule has 37 heavy (non-hydrogen) atoms. The van der Waals surface area contributed by atoms with E-state index in [9.17, 15) is 13.6 Å². The van der Waals surface area contributed by atoms with Gasteiger partial charge < -0.3 is 20.5 Å². The van der Waals surface area contributed by atoms with E-state index < -0.39 is 46.1 Å². The van der Waals surface area contributed by atoms with Gasteiger partial charge in [-0.1, -0.05) is 41.9 Å². The third-order valence-corrected chi connectivity index (χ3v) is 6.47. The maximum atomic E-state index is 15.6. The minimum absolute atomic E-state index is 0.0754. The highest BCUT2D eigenvalue weighted by atomic mass is 35.5. The minimum Gasteiger partial charge on any atom is -0.480 e. The molecule has 5 nitrogen and oxygen atoms in total. The highest BCUT2D eigenvalue weighted by molar-refractivity contribution is 6.34. The van der Waals surface area contributed by atoms with E-state index in [1.54, 1.807) is 0 Å². The van der Waals surface area contributed by atoms with Gasteiger partial charge in [-0.05, 0) is 38.5 Å². The first-order valence-corrected chi connectivity index (χ1v) is 11.8. The van der Waals surface area contributed by atoms with Crippen molar-refractivity contribution in [1.82, 2.24) is 5.32 Å². The van der Waals surface area contributed by atoms with Crippen LogP contribution in [-0.4, -0.2) is 24.6 Å². The predicted octanol–water partition coefficient (Wildman–Crippen LogP) is 6.20. The number of amides is 1. The van der Waals surface area contributed by atoms with Crippen molar-refractivity contribution in [2.24, 2.45) is 5.73 Å². The summed E-state index contributed by atoms with van der Waals surface area (Å²) in [6.45, 7) is 2.86. The van der Waals surface area contributed by atoms with Crippen molar-refractivity contribution in [3.05, 3.63) is 81.9 Å². The number of ether oxygens (including phenoxy) is 2. The molecular weight excluding hydrogens is 512 g/mol. The molecule has 0 unspecified atom stereocenters. The number of alkyl halides is 2. The van der Waals surface area contributed by atoms with Crippen LogP contribution in [0, 0.1) is 11.6 Å². The molecule has 0 aromatic heterocycles. The summed E-state index contributed by atoms with van der Waals surface area (Å²) in [5, 5.41) is 2.89. The van der Waals surface area contributed by atoms with E-state index in [1.165, 1.54) is 0 Å². The second-order valence-electron chi connectivity index (χ2n) is 9.81. The molecule has 1 aliphatic heterocycles. The lowest BCUT2D eigenvalue weighted by Crippen LogP contribution is -2.48. The van der Waals surface area contributed by atoms with Gasteiger partial charge in [0.05, 0.1) is 10.6 Å². The highest BCUT2D eigenvalue weighted by Gasteiger charge is 2.44. The molecular formula is C27H25ClF4N2O3. The van der Waals surface area contributed by atoms with E-state index in [0.717, 1.165) is 23.8 Å². The number of nitrogens with two attached hydrogens (primary N) is 1. The van der Waals surface area contributed by atoms with Gasteiger partial charge in [0.1, 0.15) is 11.6 Å². The highest BCUT2D eigenvalue weighted by Crippen LogP contribution is 2.50. The molecule has 3 aromatic carbocycles. The molecule has 0 bridgehead atoms. The fourth-order valence-electron chi connectivity index (χ4n) is 4.41. The van der Waals surface area contributed by atoms with E-state index >= 15 is 8.78 Å². The van der Waals surface area contributed by atoms with Crippen molar-refractivity contribution in [2.45, 2.75) is 44.9 Å². The van der Waals surface area contributed by atoms with Crippen molar-refractivity contribution in [3.8, 4) is 22.6 Å². The smallest absolute Gasteiger partial charge is 0.387 e. The van der Waals surface area contributed by atoms with Crippen molar-refractivity contribution in [3.63, 3.8) is 0 Å². The molecule has 0 fully saturated rings. The van der Waals surface area contributed by atoms with Crippen LogP contribution in [0.1, 0.15) is 42.3 Å². The Balaban J connectivity index is 1.96. The summed E-state index contributed by atoms with van der Waals surface area (Å²) in [4.78, 5) is 12.2. The third kappa shape index (κ3) is 5.24. The van der Waals surface area contributed by atoms with Gasteiger partial charge in [0.2, 0.25) is 5.91 Å². The Labute approximate surface area is 216 Å². The van der Waals surface area contributed by atoms with Gasteiger partial charge in [-0.3, -0.25) is 4.79 Å². The Morgan fingerprint density at radius 3 is 2.43 bits per heavy atom. The summed E-state index contributed by atoms with van der Waals surface area (Å²) in [6, 6.07) is 12.2. The number of carbonyl (C=O) groups is 1. The second-order valence-corrected chi connectivity index (χ2v) is 10.2. The van der Waals surface area contributed by atoms with E-state index in [0.29, 0.717) is 5.56 Å². The van der Waals surface area contributed by atoms with Gasteiger partial charge in [-0.15, -0.1) is 0 Å². The molecule has 0 saturated heterocycles. The maximum absolute atomic E-state index is 15.6. The number of rotatable bonds is 7. The van der Waals surface area contributed by atoms with Crippen molar-refractivity contribution in [2.75, 3.05) is 6.54 Å². The summed E-state index contributed by atoms with van der Waals surface area (Å²) in [5.74, 6) is -4.10. The average Bonchev–Trinajstić information content (AvgIpc) is 3.19. The van der Waals surface area contributed by atoms with Crippen LogP contribution in [0.25, 0.3) is 11.1 Å². The Morgan fingerprint density at radius 2 is 1.84 bits per heavy atom. The fourth-order valence-corrected chi connectivity index (χ4v) is 4.67. The van der Waals surface area contributed by atoms with Gasteiger partial charge in [0.15, 0.2) is 17.2 Å².